The van der Waals surface area contributed by atoms with Crippen molar-refractivity contribution in [2.45, 2.75) is 19.0 Å². The van der Waals surface area contributed by atoms with Crippen LogP contribution in [0.25, 0.3) is 0 Å². The summed E-state index contributed by atoms with van der Waals surface area (Å²) in [6.07, 6.45) is -2.53. The van der Waals surface area contributed by atoms with Gasteiger partial charge in [-0.3, -0.25) is 4.79 Å². The van der Waals surface area contributed by atoms with Gasteiger partial charge in [-0.25, -0.2) is 0 Å². The van der Waals surface area contributed by atoms with E-state index in [4.69, 9.17) is 4.74 Å². The van der Waals surface area contributed by atoms with Crippen LogP contribution in [0.2, 0.25) is 0 Å². The van der Waals surface area contributed by atoms with Crippen LogP contribution in [-0.4, -0.2) is 25.7 Å². The van der Waals surface area contributed by atoms with E-state index in [0.29, 0.717) is 13.2 Å². The fourth-order valence-electron chi connectivity index (χ4n) is 2.14. The average molecular weight is 287 g/mol. The number of rotatable bonds is 3. The zero-order valence-electron chi connectivity index (χ0n) is 10.9. The topological polar surface area (TPSA) is 38.3 Å². The number of carbonyl (C=O) groups excluding carboxylic acids is 1. The molecule has 20 heavy (non-hydrogen) atoms. The zero-order valence-corrected chi connectivity index (χ0v) is 10.9. The maximum atomic E-state index is 12.6. The van der Waals surface area contributed by atoms with Crippen molar-refractivity contribution in [1.29, 1.82) is 0 Å². The minimum atomic E-state index is -4.44. The fourth-order valence-corrected chi connectivity index (χ4v) is 2.14. The predicted molar refractivity (Wildman–Crippen MR) is 67.3 cm³/mol. The van der Waals surface area contributed by atoms with Gasteiger partial charge in [0.05, 0.1) is 12.2 Å². The molecule has 0 aromatic heterocycles. The summed E-state index contributed by atoms with van der Waals surface area (Å²) in [4.78, 5) is 11.8. The van der Waals surface area contributed by atoms with Crippen LogP contribution < -0.4 is 5.32 Å². The molecule has 3 nitrogen and oxygen atoms in total. The first-order valence-corrected chi connectivity index (χ1v) is 6.50. The van der Waals surface area contributed by atoms with Crippen LogP contribution >= 0.6 is 0 Å². The lowest BCUT2D eigenvalue weighted by molar-refractivity contribution is -0.137. The molecule has 6 heteroatoms. The number of halogens is 3. The van der Waals surface area contributed by atoms with Crippen LogP contribution in [0.1, 0.15) is 28.8 Å². The molecule has 1 aromatic carbocycles. The van der Waals surface area contributed by atoms with E-state index in [1.54, 1.807) is 0 Å². The van der Waals surface area contributed by atoms with Crippen LogP contribution in [0.15, 0.2) is 24.3 Å². The first kappa shape index (κ1) is 14.8. The van der Waals surface area contributed by atoms with E-state index >= 15 is 0 Å². The van der Waals surface area contributed by atoms with Crippen LogP contribution in [0.3, 0.4) is 0 Å². The molecular formula is C14H16F3NO2. The molecule has 0 spiro atoms. The van der Waals surface area contributed by atoms with Gasteiger partial charge in [0.25, 0.3) is 5.91 Å². The molecule has 0 saturated carbocycles. The van der Waals surface area contributed by atoms with Crippen LogP contribution in [-0.2, 0) is 10.9 Å². The van der Waals surface area contributed by atoms with Crippen molar-refractivity contribution in [3.8, 4) is 0 Å². The molecule has 1 aliphatic rings. The summed E-state index contributed by atoms with van der Waals surface area (Å²) >= 11 is 0. The molecule has 0 unspecified atom stereocenters. The van der Waals surface area contributed by atoms with Gasteiger partial charge >= 0.3 is 6.18 Å². The SMILES string of the molecule is O=C(NC[C@H]1CCCOC1)c1cccc(C(F)(F)F)c1. The molecule has 1 heterocycles. The molecule has 110 valence electrons. The maximum absolute atomic E-state index is 12.6. The van der Waals surface area contributed by atoms with E-state index in [0.717, 1.165) is 31.6 Å². The van der Waals surface area contributed by atoms with Gasteiger partial charge in [-0.1, -0.05) is 6.07 Å². The van der Waals surface area contributed by atoms with Crippen molar-refractivity contribution < 1.29 is 22.7 Å². The number of carbonyl (C=O) groups is 1. The molecule has 1 N–H and O–H groups in total. The largest absolute Gasteiger partial charge is 0.416 e. The molecule has 0 radical (unpaired) electrons. The second kappa shape index (κ2) is 6.26. The van der Waals surface area contributed by atoms with Crippen LogP contribution in [0, 0.1) is 5.92 Å². The Kier molecular flexibility index (Phi) is 4.65. The van der Waals surface area contributed by atoms with Gasteiger partial charge in [0.2, 0.25) is 0 Å². The molecule has 1 fully saturated rings. The first-order chi connectivity index (χ1) is 9.47. The Labute approximate surface area is 115 Å². The Balaban J connectivity index is 1.95. The van der Waals surface area contributed by atoms with Crippen molar-refractivity contribution in [3.63, 3.8) is 0 Å². The summed E-state index contributed by atoms with van der Waals surface area (Å²) in [5, 5.41) is 2.66. The molecule has 1 amide bonds. The Morgan fingerprint density at radius 3 is 2.85 bits per heavy atom. The van der Waals surface area contributed by atoms with Crippen LogP contribution in [0.4, 0.5) is 13.2 Å². The minimum absolute atomic E-state index is 0.0246. The van der Waals surface area contributed by atoms with Crippen LogP contribution in [0.5, 0.6) is 0 Å². The van der Waals surface area contributed by atoms with E-state index in [1.807, 2.05) is 0 Å². The number of alkyl halides is 3. The van der Waals surface area contributed by atoms with E-state index < -0.39 is 17.6 Å². The summed E-state index contributed by atoms with van der Waals surface area (Å²) in [5.74, 6) is -0.250. The van der Waals surface area contributed by atoms with Crippen molar-refractivity contribution in [1.82, 2.24) is 5.32 Å². The number of hydrogen-bond acceptors (Lipinski definition) is 2. The highest BCUT2D eigenvalue weighted by Gasteiger charge is 2.30. The smallest absolute Gasteiger partial charge is 0.381 e. The summed E-state index contributed by atoms with van der Waals surface area (Å²) in [5.41, 5.74) is -0.789. The summed E-state index contributed by atoms with van der Waals surface area (Å²) in [7, 11) is 0. The lowest BCUT2D eigenvalue weighted by atomic mass is 10.0. The van der Waals surface area contributed by atoms with E-state index in [1.165, 1.54) is 12.1 Å². The standard InChI is InChI=1S/C14H16F3NO2/c15-14(16,17)12-5-1-4-11(7-12)13(19)18-8-10-3-2-6-20-9-10/h1,4-5,7,10H,2-3,6,8-9H2,(H,18,19)/t10-/m1/s1. The van der Waals surface area contributed by atoms with Gasteiger partial charge in [-0.15, -0.1) is 0 Å². The fraction of sp³-hybridized carbons (Fsp3) is 0.500. The van der Waals surface area contributed by atoms with Crippen molar-refractivity contribution in [2.75, 3.05) is 19.8 Å². The summed E-state index contributed by atoms with van der Waals surface area (Å²) < 4.78 is 43.0. The molecule has 1 saturated heterocycles. The Morgan fingerprint density at radius 1 is 1.40 bits per heavy atom. The molecule has 1 aliphatic heterocycles. The average Bonchev–Trinajstić information content (AvgIpc) is 2.45. The summed E-state index contributed by atoms with van der Waals surface area (Å²) in [6, 6.07) is 4.43. The molecule has 0 bridgehead atoms. The highest BCUT2D eigenvalue weighted by atomic mass is 19.4. The van der Waals surface area contributed by atoms with Crippen molar-refractivity contribution >= 4 is 5.91 Å². The van der Waals surface area contributed by atoms with E-state index in [-0.39, 0.29) is 11.5 Å². The first-order valence-electron chi connectivity index (χ1n) is 6.50. The lowest BCUT2D eigenvalue weighted by Crippen LogP contribution is -2.33. The van der Waals surface area contributed by atoms with Gasteiger partial charge in [0.15, 0.2) is 0 Å². The zero-order chi connectivity index (χ0) is 14.6. The Morgan fingerprint density at radius 2 is 2.20 bits per heavy atom. The van der Waals surface area contributed by atoms with Crippen molar-refractivity contribution in [2.24, 2.45) is 5.92 Å². The van der Waals surface area contributed by atoms with Gasteiger partial charge in [-0.2, -0.15) is 13.2 Å². The second-order valence-electron chi connectivity index (χ2n) is 4.87. The molecule has 0 aliphatic carbocycles. The number of ether oxygens (including phenoxy) is 1. The second-order valence-corrected chi connectivity index (χ2v) is 4.87. The quantitative estimate of drug-likeness (QED) is 0.928. The molecule has 2 rings (SSSR count). The third-order valence-electron chi connectivity index (χ3n) is 3.26. The van der Waals surface area contributed by atoms with Gasteiger partial charge in [0, 0.05) is 18.7 Å². The normalized spacial score (nSPS) is 19.6. The molecule has 1 atom stereocenters. The molecular weight excluding hydrogens is 271 g/mol. The van der Waals surface area contributed by atoms with Gasteiger partial charge < -0.3 is 10.1 Å². The highest BCUT2D eigenvalue weighted by molar-refractivity contribution is 5.94. The number of benzene rings is 1. The van der Waals surface area contributed by atoms with E-state index in [2.05, 4.69) is 5.32 Å². The Bertz CT molecular complexity index is 468. The van der Waals surface area contributed by atoms with E-state index in [9.17, 15) is 18.0 Å². The monoisotopic (exact) mass is 287 g/mol. The minimum Gasteiger partial charge on any atom is -0.381 e. The van der Waals surface area contributed by atoms with Gasteiger partial charge in [-0.05, 0) is 37.0 Å². The van der Waals surface area contributed by atoms with Gasteiger partial charge in [0.1, 0.15) is 0 Å². The third kappa shape index (κ3) is 3.96. The maximum Gasteiger partial charge on any atom is 0.416 e. The summed E-state index contributed by atoms with van der Waals surface area (Å²) in [6.45, 7) is 1.75. The Hall–Kier alpha value is -1.56. The number of hydrogen-bond donors (Lipinski definition) is 1. The number of amides is 1. The highest BCUT2D eigenvalue weighted by Crippen LogP contribution is 2.29. The number of nitrogens with one attached hydrogen (secondary N) is 1. The van der Waals surface area contributed by atoms with Crippen molar-refractivity contribution in [3.05, 3.63) is 35.4 Å². The lowest BCUT2D eigenvalue weighted by Gasteiger charge is -2.22. The molecule has 1 aromatic rings. The predicted octanol–water partition coefficient (Wildman–Crippen LogP) is 2.86. The third-order valence-corrected chi connectivity index (χ3v) is 3.26.